The maximum atomic E-state index is 13.0. The summed E-state index contributed by atoms with van der Waals surface area (Å²) in [5, 5.41) is 11.4. The molecule has 1 aromatic rings. The second kappa shape index (κ2) is 6.98. The number of carbonyl (C=O) groups excluding carboxylic acids is 1. The van der Waals surface area contributed by atoms with Crippen LogP contribution in [0, 0.1) is 17.6 Å². The Kier molecular flexibility index (Phi) is 5.61. The lowest BCUT2D eigenvalue weighted by Crippen LogP contribution is -2.45. The SMILES string of the molecule is CC[C@@H](C)[C@@H](NC(=O)Cc1ccc(F)c(F)c1)C(=O)O. The molecule has 0 spiro atoms. The second-order valence-corrected chi connectivity index (χ2v) is 4.69. The summed E-state index contributed by atoms with van der Waals surface area (Å²) in [6.45, 7) is 3.54. The van der Waals surface area contributed by atoms with E-state index in [0.29, 0.717) is 6.42 Å². The first-order chi connectivity index (χ1) is 9.35. The van der Waals surface area contributed by atoms with Crippen LogP contribution in [0.2, 0.25) is 0 Å². The van der Waals surface area contributed by atoms with Gasteiger partial charge in [0.25, 0.3) is 0 Å². The maximum absolute atomic E-state index is 13.0. The summed E-state index contributed by atoms with van der Waals surface area (Å²) in [7, 11) is 0. The highest BCUT2D eigenvalue weighted by molar-refractivity contribution is 5.85. The Morgan fingerprint density at radius 3 is 2.45 bits per heavy atom. The summed E-state index contributed by atoms with van der Waals surface area (Å²) in [5.74, 6) is -3.90. The fourth-order valence-electron chi connectivity index (χ4n) is 1.74. The average molecular weight is 285 g/mol. The Morgan fingerprint density at radius 2 is 1.95 bits per heavy atom. The van der Waals surface area contributed by atoms with E-state index in [1.54, 1.807) is 6.92 Å². The molecule has 20 heavy (non-hydrogen) atoms. The molecule has 2 N–H and O–H groups in total. The van der Waals surface area contributed by atoms with Gasteiger partial charge in [0.15, 0.2) is 11.6 Å². The van der Waals surface area contributed by atoms with Crippen molar-refractivity contribution < 1.29 is 23.5 Å². The van der Waals surface area contributed by atoms with Gasteiger partial charge in [0, 0.05) is 0 Å². The largest absolute Gasteiger partial charge is 0.480 e. The van der Waals surface area contributed by atoms with Crippen LogP contribution in [0.25, 0.3) is 0 Å². The first-order valence-corrected chi connectivity index (χ1v) is 6.31. The van der Waals surface area contributed by atoms with Gasteiger partial charge in [-0.05, 0) is 23.6 Å². The fraction of sp³-hybridized carbons (Fsp3) is 0.429. The molecule has 0 saturated carbocycles. The molecule has 1 aromatic carbocycles. The molecule has 0 radical (unpaired) electrons. The fourth-order valence-corrected chi connectivity index (χ4v) is 1.74. The number of rotatable bonds is 6. The molecule has 0 aliphatic rings. The first-order valence-electron chi connectivity index (χ1n) is 6.31. The van der Waals surface area contributed by atoms with Crippen molar-refractivity contribution in [2.24, 2.45) is 5.92 Å². The highest BCUT2D eigenvalue weighted by atomic mass is 19.2. The van der Waals surface area contributed by atoms with Gasteiger partial charge in [-0.2, -0.15) is 0 Å². The van der Waals surface area contributed by atoms with Gasteiger partial charge in [0.05, 0.1) is 6.42 Å². The van der Waals surface area contributed by atoms with Crippen LogP contribution in [0.15, 0.2) is 18.2 Å². The highest BCUT2D eigenvalue weighted by Crippen LogP contribution is 2.11. The standard InChI is InChI=1S/C14H17F2NO3/c1-3-8(2)13(14(19)20)17-12(18)7-9-4-5-10(15)11(16)6-9/h4-6,8,13H,3,7H2,1-2H3,(H,17,18)(H,19,20)/t8-,13-/m1/s1. The molecular formula is C14H17F2NO3. The molecule has 0 aliphatic carbocycles. The number of hydrogen-bond donors (Lipinski definition) is 2. The van der Waals surface area contributed by atoms with E-state index in [9.17, 15) is 18.4 Å². The van der Waals surface area contributed by atoms with Gasteiger partial charge in [0.2, 0.25) is 5.91 Å². The third-order valence-electron chi connectivity index (χ3n) is 3.14. The predicted molar refractivity (Wildman–Crippen MR) is 69.1 cm³/mol. The van der Waals surface area contributed by atoms with Gasteiger partial charge >= 0.3 is 5.97 Å². The van der Waals surface area contributed by atoms with E-state index in [-0.39, 0.29) is 17.9 Å². The van der Waals surface area contributed by atoms with E-state index in [1.165, 1.54) is 6.07 Å². The van der Waals surface area contributed by atoms with Crippen LogP contribution in [0.5, 0.6) is 0 Å². The van der Waals surface area contributed by atoms with E-state index in [2.05, 4.69) is 5.32 Å². The summed E-state index contributed by atoms with van der Waals surface area (Å²) in [5.41, 5.74) is 0.287. The van der Waals surface area contributed by atoms with Crippen molar-refractivity contribution in [3.8, 4) is 0 Å². The molecule has 0 heterocycles. The topological polar surface area (TPSA) is 66.4 Å². The minimum absolute atomic E-state index is 0.197. The zero-order valence-corrected chi connectivity index (χ0v) is 11.3. The molecule has 0 bridgehead atoms. The van der Waals surface area contributed by atoms with Crippen LogP contribution in [0.1, 0.15) is 25.8 Å². The second-order valence-electron chi connectivity index (χ2n) is 4.69. The molecule has 1 amide bonds. The summed E-state index contributed by atoms with van der Waals surface area (Å²) in [6, 6.07) is 2.16. The average Bonchev–Trinajstić information content (AvgIpc) is 2.39. The number of halogens is 2. The highest BCUT2D eigenvalue weighted by Gasteiger charge is 2.25. The molecule has 6 heteroatoms. The summed E-state index contributed by atoms with van der Waals surface area (Å²) in [4.78, 5) is 22.8. The van der Waals surface area contributed by atoms with Crippen LogP contribution in [0.3, 0.4) is 0 Å². The number of aliphatic carboxylic acids is 1. The Morgan fingerprint density at radius 1 is 1.30 bits per heavy atom. The molecule has 0 unspecified atom stereocenters. The van der Waals surface area contributed by atoms with Gasteiger partial charge < -0.3 is 10.4 Å². The van der Waals surface area contributed by atoms with Gasteiger partial charge in [0.1, 0.15) is 6.04 Å². The van der Waals surface area contributed by atoms with Crippen LogP contribution in [0.4, 0.5) is 8.78 Å². The lowest BCUT2D eigenvalue weighted by atomic mass is 9.99. The van der Waals surface area contributed by atoms with E-state index in [1.807, 2.05) is 6.92 Å². The molecular weight excluding hydrogens is 268 g/mol. The molecule has 0 aromatic heterocycles. The Bertz CT molecular complexity index is 505. The summed E-state index contributed by atoms with van der Waals surface area (Å²) < 4.78 is 25.8. The number of amides is 1. The predicted octanol–water partition coefficient (Wildman–Crippen LogP) is 2.12. The first kappa shape index (κ1) is 16.1. The van der Waals surface area contributed by atoms with Crippen molar-refractivity contribution in [3.05, 3.63) is 35.4 Å². The van der Waals surface area contributed by atoms with Crippen LogP contribution in [-0.2, 0) is 16.0 Å². The van der Waals surface area contributed by atoms with Crippen LogP contribution < -0.4 is 5.32 Å². The van der Waals surface area contributed by atoms with Crippen molar-refractivity contribution >= 4 is 11.9 Å². The lowest BCUT2D eigenvalue weighted by molar-refractivity contribution is -0.143. The molecule has 0 fully saturated rings. The zero-order chi connectivity index (χ0) is 15.3. The smallest absolute Gasteiger partial charge is 0.326 e. The maximum Gasteiger partial charge on any atom is 0.326 e. The molecule has 0 saturated heterocycles. The van der Waals surface area contributed by atoms with Crippen LogP contribution in [-0.4, -0.2) is 23.0 Å². The van der Waals surface area contributed by atoms with Crippen molar-refractivity contribution in [3.63, 3.8) is 0 Å². The minimum Gasteiger partial charge on any atom is -0.480 e. The normalized spacial score (nSPS) is 13.6. The summed E-state index contributed by atoms with van der Waals surface area (Å²) in [6.07, 6.45) is 0.403. The molecule has 2 atom stereocenters. The molecule has 1 rings (SSSR count). The molecule has 0 aliphatic heterocycles. The molecule has 110 valence electrons. The lowest BCUT2D eigenvalue weighted by Gasteiger charge is -2.20. The van der Waals surface area contributed by atoms with E-state index in [4.69, 9.17) is 5.11 Å². The summed E-state index contributed by atoms with van der Waals surface area (Å²) >= 11 is 0. The van der Waals surface area contributed by atoms with Gasteiger partial charge in [-0.25, -0.2) is 13.6 Å². The Hall–Kier alpha value is -1.98. The van der Waals surface area contributed by atoms with E-state index >= 15 is 0 Å². The van der Waals surface area contributed by atoms with Crippen molar-refractivity contribution in [1.82, 2.24) is 5.32 Å². The zero-order valence-electron chi connectivity index (χ0n) is 11.3. The van der Waals surface area contributed by atoms with Crippen molar-refractivity contribution in [1.29, 1.82) is 0 Å². The number of carbonyl (C=O) groups is 2. The van der Waals surface area contributed by atoms with Crippen LogP contribution >= 0.6 is 0 Å². The third kappa shape index (κ3) is 4.29. The number of nitrogens with one attached hydrogen (secondary N) is 1. The van der Waals surface area contributed by atoms with Gasteiger partial charge in [-0.3, -0.25) is 4.79 Å². The number of hydrogen-bond acceptors (Lipinski definition) is 2. The number of benzene rings is 1. The monoisotopic (exact) mass is 285 g/mol. The Labute approximate surface area is 115 Å². The third-order valence-corrected chi connectivity index (χ3v) is 3.14. The number of carboxylic acid groups (broad SMARTS) is 1. The van der Waals surface area contributed by atoms with Crippen molar-refractivity contribution in [2.75, 3.05) is 0 Å². The van der Waals surface area contributed by atoms with Gasteiger partial charge in [-0.1, -0.05) is 26.3 Å². The quantitative estimate of drug-likeness (QED) is 0.841. The number of carboxylic acids is 1. The van der Waals surface area contributed by atoms with E-state index in [0.717, 1.165) is 12.1 Å². The van der Waals surface area contributed by atoms with Crippen molar-refractivity contribution in [2.45, 2.75) is 32.7 Å². The molecule has 4 nitrogen and oxygen atoms in total. The van der Waals surface area contributed by atoms with Gasteiger partial charge in [-0.15, -0.1) is 0 Å². The minimum atomic E-state index is -1.11. The Balaban J connectivity index is 2.70. The van der Waals surface area contributed by atoms with E-state index < -0.39 is 29.6 Å².